The fourth-order valence-corrected chi connectivity index (χ4v) is 2.61. The number of hydrogen-bond donors (Lipinski definition) is 2. The van der Waals surface area contributed by atoms with Crippen LogP contribution in [0.1, 0.15) is 24.6 Å². The van der Waals surface area contributed by atoms with E-state index in [9.17, 15) is 4.79 Å². The van der Waals surface area contributed by atoms with Crippen molar-refractivity contribution in [1.29, 1.82) is 0 Å². The van der Waals surface area contributed by atoms with Crippen LogP contribution in [-0.4, -0.2) is 39.7 Å². The maximum Gasteiger partial charge on any atom is 0.311 e. The number of nitrogens with one attached hydrogen (secondary N) is 1. The van der Waals surface area contributed by atoms with Gasteiger partial charge in [-0.2, -0.15) is 4.37 Å². The number of rotatable bonds is 4. The molecule has 0 spiro atoms. The molecule has 1 aromatic heterocycles. The molecule has 2 heterocycles. The summed E-state index contributed by atoms with van der Waals surface area (Å²) in [5.74, 6) is 0.0930. The van der Waals surface area contributed by atoms with Crippen molar-refractivity contribution in [2.75, 3.05) is 18.5 Å². The van der Waals surface area contributed by atoms with Gasteiger partial charge in [-0.1, -0.05) is 0 Å². The van der Waals surface area contributed by atoms with E-state index in [1.165, 1.54) is 24.4 Å². The van der Waals surface area contributed by atoms with Crippen molar-refractivity contribution in [2.24, 2.45) is 5.92 Å². The lowest BCUT2D eigenvalue weighted by Crippen LogP contribution is -2.33. The minimum atomic E-state index is -0.827. The maximum absolute atomic E-state index is 11.0. The highest BCUT2D eigenvalue weighted by Crippen LogP contribution is 2.39. The molecule has 1 aliphatic heterocycles. The molecule has 1 saturated carbocycles. The monoisotopic (exact) mass is 255 g/mol. The van der Waals surface area contributed by atoms with Crippen LogP contribution >= 0.6 is 11.5 Å². The van der Waals surface area contributed by atoms with Crippen LogP contribution in [0.4, 0.5) is 5.13 Å². The summed E-state index contributed by atoms with van der Waals surface area (Å²) in [4.78, 5) is 15.4. The van der Waals surface area contributed by atoms with E-state index in [-0.39, 0.29) is 12.6 Å². The summed E-state index contributed by atoms with van der Waals surface area (Å²) in [5, 5.41) is 12.8. The van der Waals surface area contributed by atoms with Gasteiger partial charge in [0.25, 0.3) is 0 Å². The van der Waals surface area contributed by atoms with E-state index >= 15 is 0 Å². The first-order chi connectivity index (χ1) is 8.24. The predicted molar refractivity (Wildman–Crippen MR) is 61.2 cm³/mol. The quantitative estimate of drug-likeness (QED) is 0.832. The summed E-state index contributed by atoms with van der Waals surface area (Å²) < 4.78 is 9.45. The fraction of sp³-hybridized carbons (Fsp3) is 0.700. The highest BCUT2D eigenvalue weighted by Gasteiger charge is 2.35. The zero-order valence-electron chi connectivity index (χ0n) is 9.13. The van der Waals surface area contributed by atoms with Gasteiger partial charge in [-0.05, 0) is 12.8 Å². The minimum Gasteiger partial charge on any atom is -0.481 e. The Labute approximate surface area is 102 Å². The van der Waals surface area contributed by atoms with Crippen LogP contribution in [0.3, 0.4) is 0 Å². The van der Waals surface area contributed by atoms with Gasteiger partial charge in [0.15, 0.2) is 0 Å². The molecule has 2 unspecified atom stereocenters. The molecule has 1 aliphatic carbocycles. The molecule has 1 saturated heterocycles. The molecular formula is C10H13N3O3S. The number of aliphatic carboxylic acids is 1. The number of nitrogens with zero attached hydrogens (tertiary/aromatic N) is 2. The molecule has 0 radical (unpaired) electrons. The third-order valence-electron chi connectivity index (χ3n) is 3.09. The zero-order valence-corrected chi connectivity index (χ0v) is 9.94. The Morgan fingerprint density at radius 3 is 3.00 bits per heavy atom. The lowest BCUT2D eigenvalue weighted by Gasteiger charge is -2.13. The molecule has 17 heavy (non-hydrogen) atoms. The molecule has 92 valence electrons. The average molecular weight is 255 g/mol. The highest BCUT2D eigenvalue weighted by molar-refractivity contribution is 7.09. The van der Waals surface area contributed by atoms with E-state index in [4.69, 9.17) is 9.84 Å². The standard InChI is InChI=1S/C10H13N3O3S/c14-9(15)6-3-16-4-7(6)11-10-12-8(13-17-10)5-1-2-5/h5-7H,1-4H2,(H,14,15)(H,11,12,13). The molecule has 7 heteroatoms. The van der Waals surface area contributed by atoms with Crippen LogP contribution in [-0.2, 0) is 9.53 Å². The second-order valence-electron chi connectivity index (χ2n) is 4.47. The molecule has 6 nitrogen and oxygen atoms in total. The largest absolute Gasteiger partial charge is 0.481 e. The Hall–Kier alpha value is -1.21. The van der Waals surface area contributed by atoms with Gasteiger partial charge in [0, 0.05) is 17.5 Å². The lowest BCUT2D eigenvalue weighted by atomic mass is 10.1. The maximum atomic E-state index is 11.0. The van der Waals surface area contributed by atoms with Crippen LogP contribution in [0, 0.1) is 5.92 Å². The number of carboxylic acids is 1. The van der Waals surface area contributed by atoms with E-state index in [0.29, 0.717) is 17.7 Å². The Morgan fingerprint density at radius 1 is 1.47 bits per heavy atom. The van der Waals surface area contributed by atoms with Gasteiger partial charge >= 0.3 is 5.97 Å². The van der Waals surface area contributed by atoms with E-state index in [0.717, 1.165) is 5.82 Å². The first-order valence-electron chi connectivity index (χ1n) is 5.64. The Morgan fingerprint density at radius 2 is 2.29 bits per heavy atom. The van der Waals surface area contributed by atoms with Crippen molar-refractivity contribution in [2.45, 2.75) is 24.8 Å². The molecule has 2 atom stereocenters. The topological polar surface area (TPSA) is 84.3 Å². The first kappa shape index (κ1) is 10.9. The van der Waals surface area contributed by atoms with E-state index in [1.54, 1.807) is 0 Å². The first-order valence-corrected chi connectivity index (χ1v) is 6.42. The van der Waals surface area contributed by atoms with Gasteiger partial charge in [0.05, 0.1) is 19.3 Å². The van der Waals surface area contributed by atoms with E-state index in [1.807, 2.05) is 0 Å². The number of carbonyl (C=O) groups is 1. The SMILES string of the molecule is O=C(O)C1COCC1Nc1nc(C2CC2)ns1. The number of anilines is 1. The molecule has 0 aromatic carbocycles. The second-order valence-corrected chi connectivity index (χ2v) is 5.22. The van der Waals surface area contributed by atoms with Gasteiger partial charge in [0.2, 0.25) is 5.13 Å². The average Bonchev–Trinajstić information content (AvgIpc) is 2.87. The normalized spacial score (nSPS) is 28.2. The summed E-state index contributed by atoms with van der Waals surface area (Å²) in [7, 11) is 0. The van der Waals surface area contributed by atoms with Gasteiger partial charge in [0.1, 0.15) is 11.7 Å². The predicted octanol–water partition coefficient (Wildman–Crippen LogP) is 0.927. The van der Waals surface area contributed by atoms with Crippen molar-refractivity contribution in [1.82, 2.24) is 9.36 Å². The Balaban J connectivity index is 1.66. The zero-order chi connectivity index (χ0) is 11.8. The third kappa shape index (κ3) is 2.25. The molecule has 0 amide bonds. The Kier molecular flexibility index (Phi) is 2.71. The van der Waals surface area contributed by atoms with Crippen LogP contribution in [0.15, 0.2) is 0 Å². The lowest BCUT2D eigenvalue weighted by molar-refractivity contribution is -0.141. The van der Waals surface area contributed by atoms with Gasteiger partial charge in [-0.15, -0.1) is 0 Å². The van der Waals surface area contributed by atoms with Crippen LogP contribution in [0.5, 0.6) is 0 Å². The molecule has 3 rings (SSSR count). The van der Waals surface area contributed by atoms with Crippen molar-refractivity contribution in [3.8, 4) is 0 Å². The molecular weight excluding hydrogens is 242 g/mol. The van der Waals surface area contributed by atoms with Gasteiger partial charge in [-0.25, -0.2) is 4.98 Å². The van der Waals surface area contributed by atoms with Gasteiger partial charge < -0.3 is 15.2 Å². The molecule has 0 bridgehead atoms. The molecule has 2 aliphatic rings. The number of carboxylic acid groups (broad SMARTS) is 1. The summed E-state index contributed by atoms with van der Waals surface area (Å²) in [6.07, 6.45) is 2.33. The van der Waals surface area contributed by atoms with E-state index < -0.39 is 11.9 Å². The van der Waals surface area contributed by atoms with Crippen molar-refractivity contribution in [3.63, 3.8) is 0 Å². The van der Waals surface area contributed by atoms with E-state index in [2.05, 4.69) is 14.7 Å². The summed E-state index contributed by atoms with van der Waals surface area (Å²) in [6.45, 7) is 0.677. The van der Waals surface area contributed by atoms with Crippen molar-refractivity contribution >= 4 is 22.6 Å². The van der Waals surface area contributed by atoms with Crippen molar-refractivity contribution in [3.05, 3.63) is 5.82 Å². The summed E-state index contributed by atoms with van der Waals surface area (Å²) in [5.41, 5.74) is 0. The minimum absolute atomic E-state index is 0.201. The van der Waals surface area contributed by atoms with Crippen molar-refractivity contribution < 1.29 is 14.6 Å². The van der Waals surface area contributed by atoms with Gasteiger partial charge in [-0.3, -0.25) is 4.79 Å². The summed E-state index contributed by atoms with van der Waals surface area (Å²) >= 11 is 1.30. The molecule has 2 N–H and O–H groups in total. The van der Waals surface area contributed by atoms with Crippen LogP contribution < -0.4 is 5.32 Å². The third-order valence-corrected chi connectivity index (χ3v) is 3.75. The smallest absolute Gasteiger partial charge is 0.311 e. The fourth-order valence-electron chi connectivity index (χ4n) is 1.90. The summed E-state index contributed by atoms with van der Waals surface area (Å²) in [6, 6.07) is -0.201. The molecule has 2 fully saturated rings. The van der Waals surface area contributed by atoms with Crippen LogP contribution in [0.25, 0.3) is 0 Å². The second kappa shape index (κ2) is 4.23. The highest BCUT2D eigenvalue weighted by atomic mass is 32.1. The number of ether oxygens (including phenoxy) is 1. The Bertz CT molecular complexity index is 432. The molecule has 1 aromatic rings. The van der Waals surface area contributed by atoms with Crippen LogP contribution in [0.2, 0.25) is 0 Å². The number of aromatic nitrogens is 2. The number of hydrogen-bond acceptors (Lipinski definition) is 6.